The van der Waals surface area contributed by atoms with E-state index in [2.05, 4.69) is 49.6 Å². The van der Waals surface area contributed by atoms with E-state index < -0.39 is 0 Å². The smallest absolute Gasteiger partial charge is 0.171 e. The zero-order valence-electron chi connectivity index (χ0n) is 15.8. The molecule has 0 fully saturated rings. The van der Waals surface area contributed by atoms with Crippen molar-refractivity contribution in [1.82, 2.24) is 5.32 Å². The number of rotatable bonds is 4. The van der Waals surface area contributed by atoms with Gasteiger partial charge < -0.3 is 20.1 Å². The first-order valence-electron chi connectivity index (χ1n) is 8.96. The Morgan fingerprint density at radius 3 is 2.65 bits per heavy atom. The summed E-state index contributed by atoms with van der Waals surface area (Å²) >= 11 is 5.54. The fourth-order valence-electron chi connectivity index (χ4n) is 3.21. The van der Waals surface area contributed by atoms with Crippen LogP contribution in [-0.4, -0.2) is 17.3 Å². The lowest BCUT2D eigenvalue weighted by Gasteiger charge is -2.38. The van der Waals surface area contributed by atoms with E-state index in [-0.39, 0.29) is 11.6 Å². The van der Waals surface area contributed by atoms with Crippen molar-refractivity contribution in [3.8, 4) is 11.5 Å². The highest BCUT2D eigenvalue weighted by molar-refractivity contribution is 7.80. The summed E-state index contributed by atoms with van der Waals surface area (Å²) in [6.45, 7) is 8.92. The lowest BCUT2D eigenvalue weighted by molar-refractivity contribution is 0.0696. The lowest BCUT2D eigenvalue weighted by Crippen LogP contribution is -2.42. The molecule has 2 aromatic rings. The third-order valence-corrected chi connectivity index (χ3v) is 4.57. The van der Waals surface area contributed by atoms with E-state index in [0.717, 1.165) is 29.2 Å². The second-order valence-electron chi connectivity index (χ2n) is 7.22. The minimum atomic E-state index is -0.243. The van der Waals surface area contributed by atoms with Crippen LogP contribution in [0.3, 0.4) is 0 Å². The minimum Gasteiger partial charge on any atom is -0.494 e. The maximum Gasteiger partial charge on any atom is 0.171 e. The molecule has 0 saturated carbocycles. The zero-order valence-corrected chi connectivity index (χ0v) is 16.6. The first-order chi connectivity index (χ1) is 12.4. The summed E-state index contributed by atoms with van der Waals surface area (Å²) in [7, 11) is 0. The van der Waals surface area contributed by atoms with E-state index in [4.69, 9.17) is 21.7 Å². The van der Waals surface area contributed by atoms with Gasteiger partial charge in [-0.2, -0.15) is 0 Å². The Hall–Kier alpha value is -2.27. The van der Waals surface area contributed by atoms with Gasteiger partial charge in [-0.1, -0.05) is 12.1 Å². The molecule has 0 unspecified atom stereocenters. The predicted molar refractivity (Wildman–Crippen MR) is 110 cm³/mol. The second-order valence-corrected chi connectivity index (χ2v) is 7.62. The molecule has 0 aromatic heterocycles. The average Bonchev–Trinajstić information content (AvgIpc) is 2.55. The highest BCUT2D eigenvalue weighted by atomic mass is 32.1. The maximum atomic E-state index is 6.15. The molecule has 4 nitrogen and oxygen atoms in total. The molecule has 1 aliphatic rings. The average molecular weight is 371 g/mol. The summed E-state index contributed by atoms with van der Waals surface area (Å²) in [4.78, 5) is 0. The molecule has 26 heavy (non-hydrogen) atoms. The molecule has 0 radical (unpaired) electrons. The molecular formula is C21H26N2O2S. The summed E-state index contributed by atoms with van der Waals surface area (Å²) in [6, 6.07) is 14.2. The fourth-order valence-corrected chi connectivity index (χ4v) is 3.47. The summed E-state index contributed by atoms with van der Waals surface area (Å²) < 4.78 is 11.6. The maximum absolute atomic E-state index is 6.15. The van der Waals surface area contributed by atoms with Gasteiger partial charge in [-0.3, -0.25) is 0 Å². The van der Waals surface area contributed by atoms with Gasteiger partial charge in [-0.25, -0.2) is 0 Å². The Kier molecular flexibility index (Phi) is 5.37. The molecule has 5 heteroatoms. The SMILES string of the molecule is CCOc1ccc(NC(=S)N[C@@H]2CC(C)(C)Oc3cc(C)ccc32)cc1. The number of fused-ring (bicyclic) bond motifs is 1. The highest BCUT2D eigenvalue weighted by Gasteiger charge is 2.34. The van der Waals surface area contributed by atoms with E-state index in [1.165, 1.54) is 5.56 Å². The van der Waals surface area contributed by atoms with E-state index in [1.807, 2.05) is 31.2 Å². The topological polar surface area (TPSA) is 42.5 Å². The Morgan fingerprint density at radius 2 is 1.96 bits per heavy atom. The molecule has 0 bridgehead atoms. The fraction of sp³-hybridized carbons (Fsp3) is 0.381. The van der Waals surface area contributed by atoms with Gasteiger partial charge in [-0.15, -0.1) is 0 Å². The van der Waals surface area contributed by atoms with Crippen LogP contribution in [0.1, 0.15) is 44.4 Å². The van der Waals surface area contributed by atoms with Gasteiger partial charge in [0.1, 0.15) is 17.1 Å². The van der Waals surface area contributed by atoms with Crippen LogP contribution in [0.2, 0.25) is 0 Å². The lowest BCUT2D eigenvalue weighted by atomic mass is 9.89. The molecule has 0 aliphatic carbocycles. The van der Waals surface area contributed by atoms with E-state index in [0.29, 0.717) is 11.7 Å². The van der Waals surface area contributed by atoms with Crippen molar-refractivity contribution in [2.24, 2.45) is 0 Å². The summed E-state index contributed by atoms with van der Waals surface area (Å²) in [5.41, 5.74) is 3.02. The van der Waals surface area contributed by atoms with Gasteiger partial charge in [-0.05, 0) is 75.8 Å². The van der Waals surface area contributed by atoms with E-state index >= 15 is 0 Å². The van der Waals surface area contributed by atoms with Gasteiger partial charge in [0.2, 0.25) is 0 Å². The quantitative estimate of drug-likeness (QED) is 0.743. The number of anilines is 1. The van der Waals surface area contributed by atoms with Crippen LogP contribution in [0.15, 0.2) is 42.5 Å². The summed E-state index contributed by atoms with van der Waals surface area (Å²) in [5.74, 6) is 1.79. The first-order valence-corrected chi connectivity index (χ1v) is 9.37. The number of benzene rings is 2. The summed E-state index contributed by atoms with van der Waals surface area (Å²) in [5, 5.41) is 7.30. The van der Waals surface area contributed by atoms with Crippen LogP contribution in [0.4, 0.5) is 5.69 Å². The second kappa shape index (κ2) is 7.54. The Balaban J connectivity index is 1.70. The Bertz CT molecular complexity index is 787. The van der Waals surface area contributed by atoms with Crippen molar-refractivity contribution in [1.29, 1.82) is 0 Å². The van der Waals surface area contributed by atoms with Crippen molar-refractivity contribution in [3.63, 3.8) is 0 Å². The number of ether oxygens (including phenoxy) is 2. The molecule has 2 aromatic carbocycles. The zero-order chi connectivity index (χ0) is 18.7. The number of aryl methyl sites for hydroxylation is 1. The van der Waals surface area contributed by atoms with Gasteiger partial charge in [0.15, 0.2) is 5.11 Å². The standard InChI is InChI=1S/C21H26N2O2S/c1-5-24-16-9-7-15(8-10-16)22-20(26)23-18-13-21(3,4)25-19-12-14(2)6-11-17(18)19/h6-12,18H,5,13H2,1-4H3,(H2,22,23,26)/t18-/m1/s1. The highest BCUT2D eigenvalue weighted by Crippen LogP contribution is 2.39. The minimum absolute atomic E-state index is 0.108. The van der Waals surface area contributed by atoms with Crippen molar-refractivity contribution in [2.75, 3.05) is 11.9 Å². The third kappa shape index (κ3) is 4.47. The number of nitrogens with one attached hydrogen (secondary N) is 2. The molecule has 1 atom stereocenters. The van der Waals surface area contributed by atoms with Gasteiger partial charge in [0.05, 0.1) is 12.6 Å². The molecule has 2 N–H and O–H groups in total. The third-order valence-electron chi connectivity index (χ3n) is 4.35. The van der Waals surface area contributed by atoms with Gasteiger partial charge >= 0.3 is 0 Å². The van der Waals surface area contributed by atoms with Crippen molar-refractivity contribution < 1.29 is 9.47 Å². The van der Waals surface area contributed by atoms with E-state index in [9.17, 15) is 0 Å². The van der Waals surface area contributed by atoms with Crippen LogP contribution >= 0.6 is 12.2 Å². The molecule has 0 saturated heterocycles. The summed E-state index contributed by atoms with van der Waals surface area (Å²) in [6.07, 6.45) is 0.841. The first kappa shape index (κ1) is 18.5. The number of hydrogen-bond acceptors (Lipinski definition) is 3. The van der Waals surface area contributed by atoms with Crippen LogP contribution in [0, 0.1) is 6.92 Å². The van der Waals surface area contributed by atoms with Crippen molar-refractivity contribution in [3.05, 3.63) is 53.6 Å². The van der Waals surface area contributed by atoms with Gasteiger partial charge in [0.25, 0.3) is 0 Å². The van der Waals surface area contributed by atoms with Crippen LogP contribution in [-0.2, 0) is 0 Å². The monoisotopic (exact) mass is 370 g/mol. The molecule has 138 valence electrons. The Labute approximate surface area is 160 Å². The largest absolute Gasteiger partial charge is 0.494 e. The van der Waals surface area contributed by atoms with Crippen molar-refractivity contribution in [2.45, 2.75) is 45.8 Å². The predicted octanol–water partition coefficient (Wildman–Crippen LogP) is 4.98. The molecule has 0 spiro atoms. The number of thiocarbonyl (C=S) groups is 1. The molecule has 0 amide bonds. The van der Waals surface area contributed by atoms with Crippen LogP contribution in [0.25, 0.3) is 0 Å². The van der Waals surface area contributed by atoms with Gasteiger partial charge in [0, 0.05) is 17.7 Å². The Morgan fingerprint density at radius 1 is 1.23 bits per heavy atom. The molecule has 1 heterocycles. The number of hydrogen-bond donors (Lipinski definition) is 2. The molecule has 3 rings (SSSR count). The van der Waals surface area contributed by atoms with Crippen LogP contribution in [0.5, 0.6) is 11.5 Å². The van der Waals surface area contributed by atoms with Crippen LogP contribution < -0.4 is 20.1 Å². The molecular weight excluding hydrogens is 344 g/mol. The van der Waals surface area contributed by atoms with E-state index in [1.54, 1.807) is 0 Å². The normalized spacial score (nSPS) is 17.6. The molecule has 1 aliphatic heterocycles. The van der Waals surface area contributed by atoms with Crippen molar-refractivity contribution >= 4 is 23.0 Å².